The molecule has 0 aliphatic heterocycles. The average molecular weight is 612 g/mol. The zero-order chi connectivity index (χ0) is 31.3. The summed E-state index contributed by atoms with van der Waals surface area (Å²) < 4.78 is 16.3. The van der Waals surface area contributed by atoms with Gasteiger partial charge in [-0.2, -0.15) is 4.98 Å². The highest BCUT2D eigenvalue weighted by molar-refractivity contribution is 6.31. The summed E-state index contributed by atoms with van der Waals surface area (Å²) in [5.41, 5.74) is 12.8. The molecule has 2 atom stereocenters. The van der Waals surface area contributed by atoms with Gasteiger partial charge in [-0.1, -0.05) is 11.6 Å². The summed E-state index contributed by atoms with van der Waals surface area (Å²) in [6.45, 7) is 4.57. The quantitative estimate of drug-likeness (QED) is 0.0562. The van der Waals surface area contributed by atoms with E-state index in [-0.39, 0.29) is 52.2 Å². The summed E-state index contributed by atoms with van der Waals surface area (Å²) in [4.78, 5) is 31.5. The van der Waals surface area contributed by atoms with E-state index in [1.54, 1.807) is 30.3 Å². The van der Waals surface area contributed by atoms with Crippen molar-refractivity contribution in [1.29, 1.82) is 5.41 Å². The molecule has 228 valence electrons. The van der Waals surface area contributed by atoms with Gasteiger partial charge in [0, 0.05) is 53.9 Å². The highest BCUT2D eigenvalue weighted by Gasteiger charge is 2.19. The summed E-state index contributed by atoms with van der Waals surface area (Å²) in [7, 11) is 0. The molecule has 0 spiro atoms. The number of halogens is 2. The highest BCUT2D eigenvalue weighted by atomic mass is 35.5. The number of H-pyrrole nitrogens is 1. The first-order valence-electron chi connectivity index (χ1n) is 13.9. The van der Waals surface area contributed by atoms with E-state index in [2.05, 4.69) is 20.6 Å². The van der Waals surface area contributed by atoms with E-state index in [1.807, 2.05) is 13.8 Å². The Bertz CT molecular complexity index is 1700. The Hall–Kier alpha value is -4.33. The number of nitro benzene ring substituents is 1. The Labute approximate surface area is 252 Å². The SMILES string of the molecule is C[C@H](N)CCCc1cc(Cl)c(F)c(-c2cc3cn(-c4ccc(CN[C@@H](C)CCNC(=N)N)c([N+](=O)[O-])c4)c(=O)nc3[nH]2)c1. The topological polar surface area (TPSA) is 194 Å². The summed E-state index contributed by atoms with van der Waals surface area (Å²) in [5.74, 6) is -0.713. The van der Waals surface area contributed by atoms with Gasteiger partial charge in [0.25, 0.3) is 5.69 Å². The molecule has 0 bridgehead atoms. The monoisotopic (exact) mass is 611 g/mol. The van der Waals surface area contributed by atoms with Crippen molar-refractivity contribution in [3.8, 4) is 16.9 Å². The van der Waals surface area contributed by atoms with Crippen molar-refractivity contribution in [2.24, 2.45) is 11.5 Å². The normalized spacial score (nSPS) is 12.8. The van der Waals surface area contributed by atoms with Crippen LogP contribution in [0.15, 0.2) is 47.4 Å². The van der Waals surface area contributed by atoms with Crippen LogP contribution in [-0.2, 0) is 13.0 Å². The number of fused-ring (bicyclic) bond motifs is 1. The maximum atomic E-state index is 15.1. The van der Waals surface area contributed by atoms with Crippen LogP contribution in [-0.4, -0.2) is 44.0 Å². The molecule has 4 aromatic rings. The summed E-state index contributed by atoms with van der Waals surface area (Å²) in [6.07, 6.45) is 4.49. The first kappa shape index (κ1) is 31.6. The molecule has 43 heavy (non-hydrogen) atoms. The Morgan fingerprint density at radius 2 is 2.02 bits per heavy atom. The zero-order valence-electron chi connectivity index (χ0n) is 23.9. The Morgan fingerprint density at radius 1 is 1.26 bits per heavy atom. The minimum absolute atomic E-state index is 0.00167. The molecule has 4 rings (SSSR count). The molecule has 0 aliphatic rings. The fourth-order valence-electron chi connectivity index (χ4n) is 4.77. The summed E-state index contributed by atoms with van der Waals surface area (Å²) >= 11 is 6.21. The van der Waals surface area contributed by atoms with Crippen molar-refractivity contribution in [3.63, 3.8) is 0 Å². The lowest BCUT2D eigenvalue weighted by Gasteiger charge is -2.15. The number of aryl methyl sites for hydroxylation is 1. The van der Waals surface area contributed by atoms with E-state index in [0.717, 1.165) is 18.4 Å². The molecular formula is C29H35ClFN9O3. The highest BCUT2D eigenvalue weighted by Crippen LogP contribution is 2.31. The van der Waals surface area contributed by atoms with Crippen LogP contribution in [0.25, 0.3) is 28.0 Å². The number of nitrogens with zero attached hydrogens (tertiary/aromatic N) is 3. The number of guanidine groups is 1. The van der Waals surface area contributed by atoms with Crippen LogP contribution in [0.4, 0.5) is 10.1 Å². The third-order valence-electron chi connectivity index (χ3n) is 7.09. The second kappa shape index (κ2) is 13.8. The minimum Gasteiger partial charge on any atom is -0.370 e. The van der Waals surface area contributed by atoms with E-state index in [4.69, 9.17) is 28.5 Å². The van der Waals surface area contributed by atoms with Crippen molar-refractivity contribution in [2.45, 2.75) is 58.2 Å². The molecule has 0 saturated heterocycles. The minimum atomic E-state index is -0.657. The first-order valence-corrected chi connectivity index (χ1v) is 14.3. The number of benzene rings is 2. The van der Waals surface area contributed by atoms with Gasteiger partial charge in [-0.05, 0) is 75.4 Å². The maximum absolute atomic E-state index is 15.1. The van der Waals surface area contributed by atoms with Crippen molar-refractivity contribution >= 4 is 34.3 Å². The second-order valence-corrected chi connectivity index (χ2v) is 11.1. The molecule has 0 fully saturated rings. The van der Waals surface area contributed by atoms with Crippen LogP contribution in [0.2, 0.25) is 5.02 Å². The predicted molar refractivity (Wildman–Crippen MR) is 166 cm³/mol. The number of nitrogens with one attached hydrogen (secondary N) is 4. The molecular weight excluding hydrogens is 577 g/mol. The van der Waals surface area contributed by atoms with Gasteiger partial charge in [0.05, 0.1) is 21.3 Å². The number of nitro groups is 1. The molecule has 2 heterocycles. The van der Waals surface area contributed by atoms with E-state index >= 15 is 4.39 Å². The standard InChI is InChI=1S/C29H35ClFN9O3/c1-16(32)4-3-5-18-10-22(26(31)23(30)11-18)24-12-20-15-39(29(41)38-27(20)37-24)21-7-6-19(25(13-21)40(42)43)14-36-17(2)8-9-35-28(33)34/h6-7,10-13,15-17,36H,3-5,8-9,14,32H2,1-2H3,(H4,33,34,35)(H,37,38,41)/t16-,17-/m0/s1. The third kappa shape index (κ3) is 7.95. The third-order valence-corrected chi connectivity index (χ3v) is 7.36. The number of hydrogen-bond acceptors (Lipinski definition) is 7. The number of aromatic nitrogens is 3. The number of hydrogen-bond donors (Lipinski definition) is 6. The Balaban J connectivity index is 1.61. The first-order chi connectivity index (χ1) is 20.4. The lowest BCUT2D eigenvalue weighted by atomic mass is 10.0. The fourth-order valence-corrected chi connectivity index (χ4v) is 5.01. The molecule has 14 heteroatoms. The van der Waals surface area contributed by atoms with Crippen molar-refractivity contribution < 1.29 is 9.31 Å². The zero-order valence-corrected chi connectivity index (χ0v) is 24.7. The maximum Gasteiger partial charge on any atom is 0.354 e. The van der Waals surface area contributed by atoms with Crippen LogP contribution in [0.1, 0.15) is 44.2 Å². The Morgan fingerprint density at radius 3 is 2.72 bits per heavy atom. The van der Waals surface area contributed by atoms with Crippen molar-refractivity contribution in [3.05, 3.63) is 85.2 Å². The van der Waals surface area contributed by atoms with Crippen molar-refractivity contribution in [1.82, 2.24) is 25.2 Å². The number of rotatable bonds is 13. The van der Waals surface area contributed by atoms with Gasteiger partial charge in [-0.3, -0.25) is 20.1 Å². The van der Waals surface area contributed by atoms with Gasteiger partial charge in [-0.25, -0.2) is 9.18 Å². The van der Waals surface area contributed by atoms with E-state index < -0.39 is 16.4 Å². The van der Waals surface area contributed by atoms with Gasteiger partial charge < -0.3 is 27.1 Å². The van der Waals surface area contributed by atoms with Gasteiger partial charge in [0.15, 0.2) is 11.8 Å². The summed E-state index contributed by atoms with van der Waals surface area (Å²) in [5, 5.41) is 25.6. The molecule has 12 nitrogen and oxygen atoms in total. The number of nitrogens with two attached hydrogens (primary N) is 2. The molecule has 0 amide bonds. The molecule has 0 saturated carbocycles. The van der Waals surface area contributed by atoms with Gasteiger partial charge in [0.2, 0.25) is 0 Å². The lowest BCUT2D eigenvalue weighted by molar-refractivity contribution is -0.385. The van der Waals surface area contributed by atoms with Crippen molar-refractivity contribution in [2.75, 3.05) is 6.54 Å². The average Bonchev–Trinajstić information content (AvgIpc) is 3.35. The Kier molecular flexibility index (Phi) is 10.1. The van der Waals surface area contributed by atoms with Crippen LogP contribution in [0, 0.1) is 21.3 Å². The van der Waals surface area contributed by atoms with E-state index in [1.165, 1.54) is 16.8 Å². The fraction of sp³-hybridized carbons (Fsp3) is 0.345. The van der Waals surface area contributed by atoms with Gasteiger partial charge >= 0.3 is 5.69 Å². The van der Waals surface area contributed by atoms with Gasteiger partial charge in [-0.15, -0.1) is 0 Å². The van der Waals surface area contributed by atoms with E-state index in [9.17, 15) is 14.9 Å². The van der Waals surface area contributed by atoms with Crippen LogP contribution < -0.4 is 27.8 Å². The molecule has 0 aliphatic carbocycles. The largest absolute Gasteiger partial charge is 0.370 e. The molecule has 0 unspecified atom stereocenters. The summed E-state index contributed by atoms with van der Waals surface area (Å²) in [6, 6.07) is 9.57. The molecule has 0 radical (unpaired) electrons. The second-order valence-electron chi connectivity index (χ2n) is 10.7. The van der Waals surface area contributed by atoms with Crippen LogP contribution in [0.5, 0.6) is 0 Å². The molecule has 8 N–H and O–H groups in total. The predicted octanol–water partition coefficient (Wildman–Crippen LogP) is 4.10. The smallest absolute Gasteiger partial charge is 0.354 e. The van der Waals surface area contributed by atoms with Gasteiger partial charge in [0.1, 0.15) is 5.65 Å². The molecule has 2 aromatic heterocycles. The van der Waals surface area contributed by atoms with Crippen LogP contribution in [0.3, 0.4) is 0 Å². The lowest BCUT2D eigenvalue weighted by Crippen LogP contribution is -2.35. The van der Waals surface area contributed by atoms with E-state index in [0.29, 0.717) is 36.0 Å². The van der Waals surface area contributed by atoms with Crippen LogP contribution >= 0.6 is 11.6 Å². The molecule has 2 aromatic carbocycles. The number of aromatic amines is 1.